The molecule has 1 N–H and O–H groups in total. The minimum atomic E-state index is -3.99. The molecule has 0 aliphatic carbocycles. The maximum absolute atomic E-state index is 13.8. The van der Waals surface area contributed by atoms with Crippen molar-refractivity contribution < 1.29 is 17.9 Å². The van der Waals surface area contributed by atoms with Crippen molar-refractivity contribution in [1.29, 1.82) is 0 Å². The average molecular weight is 521 g/mol. The summed E-state index contributed by atoms with van der Waals surface area (Å²) in [7, 11) is -3.99. The summed E-state index contributed by atoms with van der Waals surface area (Å²) in [5, 5.41) is 3.14. The second-order valence-electron chi connectivity index (χ2n) is 9.97. The maximum Gasteiger partial charge on any atom is 0.264 e. The fraction of sp³-hybridized carbons (Fsp3) is 0.367. The van der Waals surface area contributed by atoms with Crippen molar-refractivity contribution >= 4 is 21.6 Å². The zero-order valence-corrected chi connectivity index (χ0v) is 23.1. The van der Waals surface area contributed by atoms with Gasteiger partial charge in [0.2, 0.25) is 5.91 Å². The third-order valence-electron chi connectivity index (χ3n) is 7.34. The molecule has 1 aliphatic rings. The highest BCUT2D eigenvalue weighted by Gasteiger charge is 2.39. The molecule has 0 aromatic heterocycles. The first-order chi connectivity index (χ1) is 17.6. The van der Waals surface area contributed by atoms with E-state index in [0.717, 1.165) is 40.8 Å². The summed E-state index contributed by atoms with van der Waals surface area (Å²) in [5.74, 6) is 0.403. The van der Waals surface area contributed by atoms with Crippen LogP contribution < -0.4 is 14.4 Å². The van der Waals surface area contributed by atoms with E-state index in [4.69, 9.17) is 4.74 Å². The molecule has 1 amide bonds. The van der Waals surface area contributed by atoms with E-state index in [-0.39, 0.29) is 29.0 Å². The van der Waals surface area contributed by atoms with Crippen molar-refractivity contribution in [3.8, 4) is 5.75 Å². The van der Waals surface area contributed by atoms with Crippen LogP contribution in [0, 0.1) is 20.8 Å². The van der Waals surface area contributed by atoms with E-state index in [2.05, 4.69) is 19.2 Å². The molecule has 1 heterocycles. The van der Waals surface area contributed by atoms with Crippen molar-refractivity contribution in [2.24, 2.45) is 0 Å². The minimum Gasteiger partial charge on any atom is -0.487 e. The molecule has 37 heavy (non-hydrogen) atoms. The Labute approximate surface area is 220 Å². The number of nitrogens with one attached hydrogen (secondary N) is 1. The molecule has 1 atom stereocenters. The summed E-state index contributed by atoms with van der Waals surface area (Å²) in [4.78, 5) is 13.7. The monoisotopic (exact) mass is 520 g/mol. The number of carbonyl (C=O) groups is 1. The van der Waals surface area contributed by atoms with Gasteiger partial charge in [0.15, 0.2) is 0 Å². The predicted octanol–water partition coefficient (Wildman–Crippen LogP) is 6.01. The molecule has 3 aromatic carbocycles. The number of hydrogen-bond acceptors (Lipinski definition) is 4. The van der Waals surface area contributed by atoms with Crippen LogP contribution in [0.15, 0.2) is 71.6 Å². The smallest absolute Gasteiger partial charge is 0.264 e. The zero-order valence-electron chi connectivity index (χ0n) is 22.2. The molecule has 4 rings (SSSR count). The Hall–Kier alpha value is -3.32. The normalized spacial score (nSPS) is 16.4. The summed E-state index contributed by atoms with van der Waals surface area (Å²) < 4.78 is 35.3. The molecular weight excluding hydrogens is 484 g/mol. The average Bonchev–Trinajstić information content (AvgIpc) is 2.87. The van der Waals surface area contributed by atoms with Gasteiger partial charge in [0.25, 0.3) is 10.0 Å². The van der Waals surface area contributed by atoms with Gasteiger partial charge in [-0.2, -0.15) is 0 Å². The van der Waals surface area contributed by atoms with Crippen molar-refractivity contribution in [2.45, 2.75) is 70.4 Å². The topological polar surface area (TPSA) is 75.7 Å². The van der Waals surface area contributed by atoms with Crippen LogP contribution in [0.1, 0.15) is 61.4 Å². The summed E-state index contributed by atoms with van der Waals surface area (Å²) >= 11 is 0. The summed E-state index contributed by atoms with van der Waals surface area (Å²) in [6.45, 7) is 9.58. The lowest BCUT2D eigenvalue weighted by molar-refractivity contribution is -0.121. The van der Waals surface area contributed by atoms with Crippen LogP contribution in [0.3, 0.4) is 0 Å². The molecule has 0 bridgehead atoms. The van der Waals surface area contributed by atoms with Gasteiger partial charge in [-0.1, -0.05) is 67.4 Å². The second-order valence-corrected chi connectivity index (χ2v) is 11.8. The first kappa shape index (κ1) is 26.7. The molecule has 196 valence electrons. The Morgan fingerprint density at radius 2 is 1.62 bits per heavy atom. The van der Waals surface area contributed by atoms with E-state index >= 15 is 0 Å². The highest BCUT2D eigenvalue weighted by Crippen LogP contribution is 2.42. The van der Waals surface area contributed by atoms with E-state index < -0.39 is 10.0 Å². The van der Waals surface area contributed by atoms with Crippen LogP contribution >= 0.6 is 0 Å². The first-order valence-electron chi connectivity index (χ1n) is 12.8. The molecule has 0 saturated heterocycles. The number of anilines is 1. The van der Waals surface area contributed by atoms with Crippen LogP contribution in [-0.2, 0) is 14.8 Å². The Balaban J connectivity index is 1.68. The summed E-state index contributed by atoms with van der Waals surface area (Å²) in [5.41, 5.74) is 3.79. The molecule has 0 fully saturated rings. The van der Waals surface area contributed by atoms with Crippen LogP contribution in [0.4, 0.5) is 5.69 Å². The van der Waals surface area contributed by atoms with Crippen molar-refractivity contribution in [3.63, 3.8) is 0 Å². The Kier molecular flexibility index (Phi) is 7.64. The van der Waals surface area contributed by atoms with E-state index in [1.54, 1.807) is 30.3 Å². The maximum atomic E-state index is 13.8. The lowest BCUT2D eigenvalue weighted by atomic mass is 9.83. The summed E-state index contributed by atoms with van der Waals surface area (Å²) in [6, 6.07) is 19.7. The zero-order chi connectivity index (χ0) is 26.8. The number of fused-ring (bicyclic) bond motifs is 1. The fourth-order valence-electron chi connectivity index (χ4n) is 5.02. The van der Waals surface area contributed by atoms with Gasteiger partial charge in [-0.15, -0.1) is 0 Å². The number of benzene rings is 3. The Morgan fingerprint density at radius 3 is 2.27 bits per heavy atom. The number of sulfonamides is 1. The van der Waals surface area contributed by atoms with Gasteiger partial charge in [0.05, 0.1) is 16.6 Å². The van der Waals surface area contributed by atoms with Crippen LogP contribution in [0.25, 0.3) is 0 Å². The van der Waals surface area contributed by atoms with Crippen LogP contribution in [0.2, 0.25) is 0 Å². The standard InChI is InChI=1S/C30H36N2O4S/c1-6-30(7-2)19-26(25-10-8-9-11-28(25)36-30)31-29(33)20-32(27-17-14-22(4)18-23(27)5)37(34,35)24-15-12-21(3)13-16-24/h8-18,26H,6-7,19-20H2,1-5H3,(H,31,33). The number of amides is 1. The van der Waals surface area contributed by atoms with Gasteiger partial charge < -0.3 is 10.1 Å². The second kappa shape index (κ2) is 10.6. The third kappa shape index (κ3) is 5.52. The molecular formula is C30H36N2O4S. The minimum absolute atomic E-state index is 0.151. The highest BCUT2D eigenvalue weighted by molar-refractivity contribution is 7.92. The first-order valence-corrected chi connectivity index (χ1v) is 14.3. The molecule has 1 aliphatic heterocycles. The molecule has 3 aromatic rings. The predicted molar refractivity (Wildman–Crippen MR) is 148 cm³/mol. The number of rotatable bonds is 8. The molecule has 0 radical (unpaired) electrons. The Morgan fingerprint density at radius 1 is 0.973 bits per heavy atom. The molecule has 6 nitrogen and oxygen atoms in total. The van der Waals surface area contributed by atoms with E-state index in [1.807, 2.05) is 57.2 Å². The van der Waals surface area contributed by atoms with Crippen molar-refractivity contribution in [1.82, 2.24) is 5.32 Å². The van der Waals surface area contributed by atoms with Crippen molar-refractivity contribution in [3.05, 3.63) is 89.0 Å². The van der Waals surface area contributed by atoms with Gasteiger partial charge in [-0.25, -0.2) is 8.42 Å². The van der Waals surface area contributed by atoms with E-state index in [9.17, 15) is 13.2 Å². The number of hydrogen-bond donors (Lipinski definition) is 1. The van der Waals surface area contributed by atoms with Crippen LogP contribution in [-0.4, -0.2) is 26.5 Å². The van der Waals surface area contributed by atoms with Gasteiger partial charge >= 0.3 is 0 Å². The summed E-state index contributed by atoms with van der Waals surface area (Å²) in [6.07, 6.45) is 2.23. The largest absolute Gasteiger partial charge is 0.487 e. The molecule has 7 heteroatoms. The van der Waals surface area contributed by atoms with E-state index in [1.165, 1.54) is 4.31 Å². The lowest BCUT2D eigenvalue weighted by Crippen LogP contribution is -2.47. The van der Waals surface area contributed by atoms with Crippen LogP contribution in [0.5, 0.6) is 5.75 Å². The number of nitrogens with zero attached hydrogens (tertiary/aromatic N) is 1. The third-order valence-corrected chi connectivity index (χ3v) is 9.11. The van der Waals surface area contributed by atoms with Gasteiger partial charge in [0.1, 0.15) is 17.9 Å². The number of para-hydroxylation sites is 1. The van der Waals surface area contributed by atoms with Gasteiger partial charge in [-0.3, -0.25) is 9.10 Å². The fourth-order valence-corrected chi connectivity index (χ4v) is 6.51. The van der Waals surface area contributed by atoms with Crippen molar-refractivity contribution in [2.75, 3.05) is 10.8 Å². The SMILES string of the molecule is CCC1(CC)CC(NC(=O)CN(c2ccc(C)cc2C)S(=O)(=O)c2ccc(C)cc2)c2ccccc2O1. The molecule has 0 saturated carbocycles. The number of aryl methyl sites for hydroxylation is 3. The lowest BCUT2D eigenvalue weighted by Gasteiger charge is -2.41. The number of carbonyl (C=O) groups excluding carboxylic acids is 1. The molecule has 0 spiro atoms. The molecule has 1 unspecified atom stereocenters. The van der Waals surface area contributed by atoms with E-state index in [0.29, 0.717) is 12.1 Å². The van der Waals surface area contributed by atoms with Gasteiger partial charge in [-0.05, 0) is 63.4 Å². The quantitative estimate of drug-likeness (QED) is 0.395. The van der Waals surface area contributed by atoms with Gasteiger partial charge in [0, 0.05) is 12.0 Å². The Bertz CT molecular complexity index is 1380. The highest BCUT2D eigenvalue weighted by atomic mass is 32.2. The number of ether oxygens (including phenoxy) is 1.